The first-order chi connectivity index (χ1) is 13.7. The van der Waals surface area contributed by atoms with Crippen molar-refractivity contribution in [1.29, 1.82) is 0 Å². The monoisotopic (exact) mass is 373 g/mol. The fraction of sp³-hybridized carbons (Fsp3) is 0.250. The summed E-state index contributed by atoms with van der Waals surface area (Å²) in [5.74, 6) is 0.332. The normalized spacial score (nSPS) is 14.2. The topological polar surface area (TPSA) is 38.7 Å². The van der Waals surface area contributed by atoms with Crippen LogP contribution in [-0.4, -0.2) is 31.3 Å². The Hall–Kier alpha value is -3.14. The molecule has 2 N–H and O–H groups in total. The fourth-order valence-corrected chi connectivity index (χ4v) is 3.77. The zero-order valence-electron chi connectivity index (χ0n) is 16.3. The number of phenolic OH excluding ortho intramolecular Hbond substituents is 1. The number of aryl methyl sites for hydroxylation is 1. The molecule has 0 atom stereocenters. The number of para-hydroxylation sites is 2. The summed E-state index contributed by atoms with van der Waals surface area (Å²) in [7, 11) is 0. The first kappa shape index (κ1) is 18.2. The summed E-state index contributed by atoms with van der Waals surface area (Å²) in [6.45, 7) is 6.93. The zero-order valence-corrected chi connectivity index (χ0v) is 16.3. The van der Waals surface area contributed by atoms with Crippen LogP contribution in [0.5, 0.6) is 5.75 Å². The summed E-state index contributed by atoms with van der Waals surface area (Å²) in [6, 6.07) is 24.6. The van der Waals surface area contributed by atoms with Crippen LogP contribution in [0.2, 0.25) is 0 Å². The number of hydrogen-bond donors (Lipinski definition) is 2. The van der Waals surface area contributed by atoms with E-state index in [0.717, 1.165) is 37.4 Å². The molecule has 1 saturated heterocycles. The van der Waals surface area contributed by atoms with Crippen LogP contribution in [-0.2, 0) is 6.54 Å². The fourth-order valence-electron chi connectivity index (χ4n) is 3.77. The highest BCUT2D eigenvalue weighted by Crippen LogP contribution is 2.25. The van der Waals surface area contributed by atoms with E-state index in [4.69, 9.17) is 0 Å². The molecule has 144 valence electrons. The SMILES string of the molecule is Cc1ccccc1N1CCN(c2ccc(NCc3ccccc3O)cc2)CC1. The highest BCUT2D eigenvalue weighted by atomic mass is 16.3. The Bertz CT molecular complexity index is 915. The standard InChI is InChI=1S/C24H27N3O/c1-19-6-2-4-8-23(19)27-16-14-26(15-17-27)22-12-10-21(11-13-22)25-18-20-7-3-5-9-24(20)28/h2-13,25,28H,14-18H2,1H3. The Labute approximate surface area is 167 Å². The van der Waals surface area contributed by atoms with Crippen LogP contribution in [0.3, 0.4) is 0 Å². The lowest BCUT2D eigenvalue weighted by molar-refractivity contribution is 0.469. The summed E-state index contributed by atoms with van der Waals surface area (Å²) in [5, 5.41) is 13.3. The Morgan fingerprint density at radius 1 is 0.786 bits per heavy atom. The molecule has 3 aromatic carbocycles. The molecule has 0 unspecified atom stereocenters. The lowest BCUT2D eigenvalue weighted by Gasteiger charge is -2.38. The van der Waals surface area contributed by atoms with Gasteiger partial charge < -0.3 is 20.2 Å². The minimum Gasteiger partial charge on any atom is -0.508 e. The van der Waals surface area contributed by atoms with E-state index in [1.807, 2.05) is 18.2 Å². The summed E-state index contributed by atoms with van der Waals surface area (Å²) in [4.78, 5) is 4.93. The van der Waals surface area contributed by atoms with Crippen LogP contribution in [0.4, 0.5) is 17.1 Å². The van der Waals surface area contributed by atoms with Gasteiger partial charge in [0.1, 0.15) is 5.75 Å². The van der Waals surface area contributed by atoms with Gasteiger partial charge in [-0.05, 0) is 48.9 Å². The summed E-state index contributed by atoms with van der Waals surface area (Å²) in [6.07, 6.45) is 0. The molecule has 1 aliphatic heterocycles. The second-order valence-corrected chi connectivity index (χ2v) is 7.29. The van der Waals surface area contributed by atoms with Crippen molar-refractivity contribution in [2.75, 3.05) is 41.3 Å². The van der Waals surface area contributed by atoms with Gasteiger partial charge in [-0.2, -0.15) is 0 Å². The van der Waals surface area contributed by atoms with E-state index in [9.17, 15) is 5.11 Å². The van der Waals surface area contributed by atoms with Gasteiger partial charge in [-0.1, -0.05) is 36.4 Å². The van der Waals surface area contributed by atoms with Crippen molar-refractivity contribution < 1.29 is 5.11 Å². The predicted octanol–water partition coefficient (Wildman–Crippen LogP) is 4.64. The minimum atomic E-state index is 0.332. The molecule has 1 aliphatic rings. The molecule has 0 spiro atoms. The van der Waals surface area contributed by atoms with Gasteiger partial charge in [0, 0.05) is 55.3 Å². The largest absolute Gasteiger partial charge is 0.508 e. The van der Waals surface area contributed by atoms with Crippen molar-refractivity contribution in [3.05, 3.63) is 83.9 Å². The third-order valence-electron chi connectivity index (χ3n) is 5.44. The molecule has 3 aromatic rings. The van der Waals surface area contributed by atoms with Crippen molar-refractivity contribution in [2.45, 2.75) is 13.5 Å². The molecule has 0 amide bonds. The van der Waals surface area contributed by atoms with Crippen LogP contribution in [0.15, 0.2) is 72.8 Å². The van der Waals surface area contributed by atoms with Crippen molar-refractivity contribution in [1.82, 2.24) is 0 Å². The van der Waals surface area contributed by atoms with Gasteiger partial charge in [0.05, 0.1) is 0 Å². The first-order valence-corrected chi connectivity index (χ1v) is 9.87. The molecule has 0 aromatic heterocycles. The molecule has 28 heavy (non-hydrogen) atoms. The van der Waals surface area contributed by atoms with Crippen LogP contribution < -0.4 is 15.1 Å². The number of benzene rings is 3. The van der Waals surface area contributed by atoms with Gasteiger partial charge in [0.2, 0.25) is 0 Å². The number of nitrogens with one attached hydrogen (secondary N) is 1. The Kier molecular flexibility index (Phi) is 5.38. The van der Waals surface area contributed by atoms with Crippen molar-refractivity contribution in [2.24, 2.45) is 0 Å². The molecule has 0 saturated carbocycles. The zero-order chi connectivity index (χ0) is 19.3. The maximum absolute atomic E-state index is 9.87. The quantitative estimate of drug-likeness (QED) is 0.683. The Morgan fingerprint density at radius 3 is 2.14 bits per heavy atom. The average Bonchev–Trinajstić information content (AvgIpc) is 2.74. The summed E-state index contributed by atoms with van der Waals surface area (Å²) in [5.41, 5.74) is 5.92. The number of rotatable bonds is 5. The van der Waals surface area contributed by atoms with E-state index in [2.05, 4.69) is 70.6 Å². The van der Waals surface area contributed by atoms with Gasteiger partial charge in [-0.3, -0.25) is 0 Å². The lowest BCUT2D eigenvalue weighted by atomic mass is 10.1. The summed E-state index contributed by atoms with van der Waals surface area (Å²) >= 11 is 0. The third kappa shape index (κ3) is 4.06. The van der Waals surface area contributed by atoms with Crippen LogP contribution in [0.25, 0.3) is 0 Å². The maximum Gasteiger partial charge on any atom is 0.120 e. The average molecular weight is 374 g/mol. The smallest absolute Gasteiger partial charge is 0.120 e. The number of nitrogens with zero attached hydrogens (tertiary/aromatic N) is 2. The van der Waals surface area contributed by atoms with Crippen molar-refractivity contribution in [3.8, 4) is 5.75 Å². The van der Waals surface area contributed by atoms with Gasteiger partial charge in [-0.25, -0.2) is 0 Å². The molecule has 0 bridgehead atoms. The van der Waals surface area contributed by atoms with Crippen molar-refractivity contribution >= 4 is 17.1 Å². The van der Waals surface area contributed by atoms with Gasteiger partial charge >= 0.3 is 0 Å². The predicted molar refractivity (Wildman–Crippen MR) is 117 cm³/mol. The van der Waals surface area contributed by atoms with E-state index in [-0.39, 0.29) is 0 Å². The number of piperazine rings is 1. The van der Waals surface area contributed by atoms with Crippen molar-refractivity contribution in [3.63, 3.8) is 0 Å². The first-order valence-electron chi connectivity index (χ1n) is 9.87. The molecule has 1 fully saturated rings. The van der Waals surface area contributed by atoms with Crippen LogP contribution >= 0.6 is 0 Å². The highest BCUT2D eigenvalue weighted by Gasteiger charge is 2.18. The van der Waals surface area contributed by atoms with E-state index in [1.54, 1.807) is 6.07 Å². The Morgan fingerprint density at radius 2 is 1.43 bits per heavy atom. The number of hydrogen-bond acceptors (Lipinski definition) is 4. The molecule has 4 nitrogen and oxygen atoms in total. The van der Waals surface area contributed by atoms with E-state index >= 15 is 0 Å². The second-order valence-electron chi connectivity index (χ2n) is 7.29. The van der Waals surface area contributed by atoms with E-state index in [0.29, 0.717) is 12.3 Å². The maximum atomic E-state index is 9.87. The molecular formula is C24H27N3O. The van der Waals surface area contributed by atoms with Gasteiger partial charge in [0.25, 0.3) is 0 Å². The Balaban J connectivity index is 1.33. The van der Waals surface area contributed by atoms with E-state index < -0.39 is 0 Å². The molecular weight excluding hydrogens is 346 g/mol. The second kappa shape index (κ2) is 8.26. The highest BCUT2D eigenvalue weighted by molar-refractivity contribution is 5.58. The minimum absolute atomic E-state index is 0.332. The number of anilines is 3. The summed E-state index contributed by atoms with van der Waals surface area (Å²) < 4.78 is 0. The van der Waals surface area contributed by atoms with Gasteiger partial charge in [0.15, 0.2) is 0 Å². The lowest BCUT2D eigenvalue weighted by Crippen LogP contribution is -2.46. The van der Waals surface area contributed by atoms with E-state index in [1.165, 1.54) is 16.9 Å². The number of aromatic hydroxyl groups is 1. The molecule has 0 radical (unpaired) electrons. The molecule has 4 heteroatoms. The van der Waals surface area contributed by atoms with Crippen LogP contribution in [0.1, 0.15) is 11.1 Å². The van der Waals surface area contributed by atoms with Gasteiger partial charge in [-0.15, -0.1) is 0 Å². The molecule has 1 heterocycles. The molecule has 0 aliphatic carbocycles. The van der Waals surface area contributed by atoms with Crippen LogP contribution in [0, 0.1) is 6.92 Å². The molecule has 4 rings (SSSR count). The third-order valence-corrected chi connectivity index (χ3v) is 5.44. The number of phenols is 1.